The summed E-state index contributed by atoms with van der Waals surface area (Å²) in [4.78, 5) is 13.0. The Morgan fingerprint density at radius 1 is 0.231 bits per heavy atom. The molecule has 4 aliphatic rings. The summed E-state index contributed by atoms with van der Waals surface area (Å²) in [6, 6.07) is 132. The molecule has 0 radical (unpaired) electrons. The summed E-state index contributed by atoms with van der Waals surface area (Å²) in [5, 5.41) is 10.8. The Kier molecular flexibility index (Phi) is 14.2. The molecule has 4 aliphatic heterocycles. The number of benzene rings is 16. The Hall–Kier alpha value is -10.4. The van der Waals surface area contributed by atoms with E-state index >= 15 is 0 Å². The zero-order valence-electron chi connectivity index (χ0n) is 57.8. The fourth-order valence-corrected chi connectivity index (χ4v) is 31.4. The van der Waals surface area contributed by atoms with Crippen molar-refractivity contribution in [2.45, 2.75) is 0 Å². The van der Waals surface area contributed by atoms with Crippen LogP contribution in [0.3, 0.4) is 0 Å². The first-order valence-corrected chi connectivity index (χ1v) is 46.1. The number of fused-ring (bicyclic) bond motifs is 20. The zero-order chi connectivity index (χ0) is 70.4. The van der Waals surface area contributed by atoms with E-state index in [1.54, 1.807) is 0 Å². The van der Waals surface area contributed by atoms with E-state index in [1.165, 1.54) is 137 Å². The molecule has 0 unspecified atom stereocenters. The van der Waals surface area contributed by atoms with Gasteiger partial charge in [-0.05, 0) is 0 Å². The van der Waals surface area contributed by atoms with Gasteiger partial charge in [-0.25, -0.2) is 0 Å². The third-order valence-electron chi connectivity index (χ3n) is 22.8. The van der Waals surface area contributed by atoms with Crippen LogP contribution >= 0.6 is 0 Å². The van der Waals surface area contributed by atoms with Crippen molar-refractivity contribution in [3.63, 3.8) is 0 Å². The van der Waals surface area contributed by atoms with Crippen molar-refractivity contribution in [1.29, 1.82) is 0 Å². The van der Waals surface area contributed by atoms with Crippen LogP contribution in [0.2, 0.25) is 0 Å². The first-order chi connectivity index (χ1) is 53.6. The predicted octanol–water partition coefficient (Wildman–Crippen LogP) is 20.6. The van der Waals surface area contributed by atoms with E-state index < -0.39 is 81.7 Å². The Balaban J connectivity index is 0.797. The molecule has 16 aromatic carbocycles. The van der Waals surface area contributed by atoms with Crippen LogP contribution in [0.1, 0.15) is 0 Å². The van der Waals surface area contributed by atoms with Crippen molar-refractivity contribution in [2.24, 2.45) is 0 Å². The molecule has 6 nitrogen and oxygen atoms in total. The number of rotatable bonds is 9. The molecule has 0 spiro atoms. The fourth-order valence-electron chi connectivity index (χ4n) is 18.5. The topological polar surface area (TPSA) is 25.4 Å². The van der Waals surface area contributed by atoms with Crippen LogP contribution in [-0.4, -0.2) is 95.1 Å². The SMILES string of the molecule is c1ccc(N2c3cc4c(cc3B3c5ccccc5N(c5cccc6[te]c7ccccc7c56)c5cc(N(c6ccccc6)c6cccc7[te]c8ccccc8c67)cc2c53)B2c3ccccc3N(c3cccc5[te]c6ccccc6c35)c3cc(N(c5ccccc5)c5cccc6[te]c7ccccc7c56)cc(c32)O4)cc1. The number of para-hydroxylation sites is 5. The van der Waals surface area contributed by atoms with Gasteiger partial charge in [0, 0.05) is 0 Å². The third-order valence-corrected chi connectivity index (χ3v) is 35.8. The number of nitrogens with zero attached hydrogens (tertiary/aromatic N) is 5. The first kappa shape index (κ1) is 62.6. The van der Waals surface area contributed by atoms with E-state index in [0.717, 1.165) is 62.5 Å². The van der Waals surface area contributed by atoms with E-state index in [9.17, 15) is 0 Å². The second kappa shape index (κ2) is 24.6. The molecule has 0 amide bonds. The van der Waals surface area contributed by atoms with Crippen LogP contribution < -0.4 is 62.0 Å². The number of hydrogen-bond donors (Lipinski definition) is 0. The van der Waals surface area contributed by atoms with E-state index in [0.29, 0.717) is 0 Å². The van der Waals surface area contributed by atoms with E-state index in [4.69, 9.17) is 4.74 Å². The van der Waals surface area contributed by atoms with Crippen LogP contribution in [0.15, 0.2) is 346 Å². The average molecular weight is 1830 g/mol. The molecule has 0 fully saturated rings. The van der Waals surface area contributed by atoms with Gasteiger partial charge in [0.2, 0.25) is 0 Å². The van der Waals surface area contributed by atoms with Crippen molar-refractivity contribution in [3.8, 4) is 11.5 Å². The first-order valence-electron chi connectivity index (χ1n) is 36.8. The van der Waals surface area contributed by atoms with Crippen molar-refractivity contribution < 1.29 is 4.74 Å². The second-order valence-corrected chi connectivity index (χ2v) is 40.9. The van der Waals surface area contributed by atoms with Gasteiger partial charge in [-0.15, -0.1) is 0 Å². The van der Waals surface area contributed by atoms with Crippen molar-refractivity contribution in [3.05, 3.63) is 346 Å². The summed E-state index contributed by atoms with van der Waals surface area (Å²) in [7, 11) is 0. The van der Waals surface area contributed by atoms with Crippen molar-refractivity contribution in [2.75, 3.05) is 24.5 Å². The minimum absolute atomic E-state index is 0.201. The molecule has 108 heavy (non-hydrogen) atoms. The summed E-state index contributed by atoms with van der Waals surface area (Å²) in [6.07, 6.45) is 0. The normalized spacial score (nSPS) is 13.2. The van der Waals surface area contributed by atoms with Crippen LogP contribution in [0.25, 0.3) is 70.3 Å². The van der Waals surface area contributed by atoms with E-state index in [2.05, 4.69) is 370 Å². The van der Waals surface area contributed by atoms with Gasteiger partial charge in [0.15, 0.2) is 0 Å². The summed E-state index contributed by atoms with van der Waals surface area (Å²) in [6.45, 7) is -0.417. The average Bonchev–Trinajstić information content (AvgIpc) is 0.945. The molecule has 0 saturated heterocycles. The van der Waals surface area contributed by atoms with E-state index in [1.807, 2.05) is 0 Å². The summed E-state index contributed by atoms with van der Waals surface area (Å²) < 4.78 is 19.9. The van der Waals surface area contributed by atoms with Gasteiger partial charge in [-0.1, -0.05) is 0 Å². The second-order valence-electron chi connectivity index (χ2n) is 28.5. The number of anilines is 15. The predicted molar refractivity (Wildman–Crippen MR) is 463 cm³/mol. The molecule has 0 atom stereocenters. The maximum atomic E-state index is 8.12. The molecule has 24 rings (SSSR count). The summed E-state index contributed by atoms with van der Waals surface area (Å²) in [5.74, 6) is 1.71. The van der Waals surface area contributed by atoms with Crippen LogP contribution in [0.5, 0.6) is 11.5 Å². The third kappa shape index (κ3) is 9.28. The molecule has 0 bridgehead atoms. The van der Waals surface area contributed by atoms with Gasteiger partial charge < -0.3 is 0 Å². The minimum atomic E-state index is -0.662. The Morgan fingerprint density at radius 2 is 0.602 bits per heavy atom. The molecule has 0 saturated carbocycles. The molecule has 12 heteroatoms. The Labute approximate surface area is 663 Å². The van der Waals surface area contributed by atoms with Crippen molar-refractivity contribution in [1.82, 2.24) is 0 Å². The van der Waals surface area contributed by atoms with Crippen molar-refractivity contribution >= 4 is 284 Å². The fraction of sp³-hybridized carbons (Fsp3) is 0. The Morgan fingerprint density at radius 3 is 1.10 bits per heavy atom. The number of ether oxygens (including phenoxy) is 1. The zero-order valence-corrected chi connectivity index (χ0v) is 67.2. The quantitative estimate of drug-likeness (QED) is 0.134. The standard InChI is InChI=1S/C96H57B2N5OTe4/c1-4-26-58(27-5-1)99(73-40-22-48-87-91(73)63-32-10-18-44-83(63)105-87)61-52-78-95-79(53-61)102(75-42-24-50-89-93(75)65-34-12-20-46-85(65)107-89)71-38-16-14-36-67(71)97(95)69-56-70-81(57-77(69)101(78)60-30-8-3-9-31-60)104-82-55-62(100(59-28-6-2-7-29-59)74-41-23-49-88-92(74)64-33-11-19-45-84(64)106-88)54-80-96(82)98(70)68-37-15-17-39-72(68)103(80)76-43-25-51-90-94(76)66-35-13-21-47-86(66)108-90/h1-57H. The van der Waals surface area contributed by atoms with Gasteiger partial charge in [-0.2, -0.15) is 0 Å². The van der Waals surface area contributed by atoms with Gasteiger partial charge >= 0.3 is 670 Å². The van der Waals surface area contributed by atoms with Gasteiger partial charge in [0.05, 0.1) is 0 Å². The monoisotopic (exact) mass is 1840 g/mol. The van der Waals surface area contributed by atoms with E-state index in [-0.39, 0.29) is 13.4 Å². The number of hydrogen-bond acceptors (Lipinski definition) is 6. The molecule has 20 aromatic rings. The van der Waals surface area contributed by atoms with Gasteiger partial charge in [0.1, 0.15) is 0 Å². The van der Waals surface area contributed by atoms with Crippen LogP contribution in [0.4, 0.5) is 85.3 Å². The molecule has 0 aliphatic carbocycles. The van der Waals surface area contributed by atoms with Gasteiger partial charge in [-0.3, -0.25) is 0 Å². The van der Waals surface area contributed by atoms with Crippen LogP contribution in [0, 0.1) is 0 Å². The summed E-state index contributed by atoms with van der Waals surface area (Å²) in [5.41, 5.74) is 24.4. The van der Waals surface area contributed by atoms with Crippen LogP contribution in [-0.2, 0) is 0 Å². The molecular formula is C96H57B2N5OTe4. The molecule has 0 N–H and O–H groups in total. The maximum absolute atomic E-state index is 8.12. The molecule has 4 aromatic heterocycles. The Bertz CT molecular complexity index is 7200. The summed E-state index contributed by atoms with van der Waals surface area (Å²) >= 11 is -2.59. The molecular weight excluding hydrogens is 1770 g/mol. The van der Waals surface area contributed by atoms with Gasteiger partial charge in [0.25, 0.3) is 0 Å². The molecule has 8 heterocycles. The molecule has 502 valence electrons.